The molecule has 2 aliphatic rings. The SMILES string of the molecule is COCCCCCCCCOC1CCC(N2CCN(c3ccc(-c4nnc(-c5ccc(C(=O)On6nnc7ccccc76)cc5)s4)cc3)CC2)CC1. The Hall–Kier alpha value is -4.23. The first-order valence-electron chi connectivity index (χ1n) is 18.8. The molecule has 3 heterocycles. The molecular weight excluding hydrogens is 675 g/mol. The Bertz CT molecular complexity index is 1850. The number of piperazine rings is 1. The van der Waals surface area contributed by atoms with Gasteiger partial charge in [-0.1, -0.05) is 66.1 Å². The van der Waals surface area contributed by atoms with Crippen LogP contribution in [0.5, 0.6) is 0 Å². The van der Waals surface area contributed by atoms with Gasteiger partial charge in [0, 0.05) is 69.4 Å². The number of para-hydroxylation sites is 1. The van der Waals surface area contributed by atoms with Crippen molar-refractivity contribution in [2.75, 3.05) is 51.4 Å². The summed E-state index contributed by atoms with van der Waals surface area (Å²) in [4.78, 5) is 24.6. The monoisotopic (exact) mass is 723 g/mol. The Balaban J connectivity index is 0.828. The number of methoxy groups -OCH3 is 1. The summed E-state index contributed by atoms with van der Waals surface area (Å²) in [5.41, 5.74) is 4.87. The summed E-state index contributed by atoms with van der Waals surface area (Å²) in [6.07, 6.45) is 12.9. The Morgan fingerprint density at radius 1 is 0.731 bits per heavy atom. The van der Waals surface area contributed by atoms with Crippen molar-refractivity contribution in [2.45, 2.75) is 76.4 Å². The van der Waals surface area contributed by atoms with Crippen molar-refractivity contribution in [3.05, 3.63) is 78.4 Å². The predicted octanol–water partition coefficient (Wildman–Crippen LogP) is 7.32. The summed E-state index contributed by atoms with van der Waals surface area (Å²) < 4.78 is 11.4. The molecule has 1 aliphatic heterocycles. The molecule has 0 spiro atoms. The van der Waals surface area contributed by atoms with E-state index in [1.165, 1.54) is 81.2 Å². The second kappa shape index (κ2) is 18.0. The highest BCUT2D eigenvalue weighted by molar-refractivity contribution is 7.17. The van der Waals surface area contributed by atoms with Crippen LogP contribution in [0, 0.1) is 0 Å². The zero-order chi connectivity index (χ0) is 35.5. The molecule has 2 aromatic heterocycles. The lowest BCUT2D eigenvalue weighted by atomic mass is 9.91. The molecule has 12 heteroatoms. The van der Waals surface area contributed by atoms with E-state index >= 15 is 0 Å². The van der Waals surface area contributed by atoms with Crippen molar-refractivity contribution in [2.24, 2.45) is 0 Å². The summed E-state index contributed by atoms with van der Waals surface area (Å²) in [5.74, 6) is -0.517. The van der Waals surface area contributed by atoms with Crippen LogP contribution in [0.1, 0.15) is 74.6 Å². The van der Waals surface area contributed by atoms with Gasteiger partial charge in [-0.25, -0.2) is 4.79 Å². The molecule has 0 radical (unpaired) electrons. The van der Waals surface area contributed by atoms with Crippen molar-refractivity contribution in [1.82, 2.24) is 30.3 Å². The zero-order valence-corrected chi connectivity index (χ0v) is 30.9. The normalized spacial score (nSPS) is 18.2. The topological polar surface area (TPSA) is 108 Å². The molecule has 11 nitrogen and oxygen atoms in total. The van der Waals surface area contributed by atoms with Gasteiger partial charge in [-0.2, -0.15) is 0 Å². The van der Waals surface area contributed by atoms with E-state index < -0.39 is 5.97 Å². The number of anilines is 1. The van der Waals surface area contributed by atoms with Crippen molar-refractivity contribution in [1.29, 1.82) is 0 Å². The fraction of sp³-hybridized carbons (Fsp3) is 0.475. The van der Waals surface area contributed by atoms with Gasteiger partial charge in [0.15, 0.2) is 0 Å². The maximum absolute atomic E-state index is 12.8. The lowest BCUT2D eigenvalue weighted by Crippen LogP contribution is -2.51. The average Bonchev–Trinajstić information content (AvgIpc) is 3.86. The second-order valence-corrected chi connectivity index (χ2v) is 14.8. The maximum atomic E-state index is 12.8. The van der Waals surface area contributed by atoms with Crippen LogP contribution in [0.25, 0.3) is 32.2 Å². The largest absolute Gasteiger partial charge is 0.385 e. The molecule has 1 saturated carbocycles. The van der Waals surface area contributed by atoms with E-state index in [0.29, 0.717) is 28.7 Å². The number of carbonyl (C=O) groups excluding carboxylic acids is 1. The first kappa shape index (κ1) is 36.1. The van der Waals surface area contributed by atoms with Gasteiger partial charge in [-0.15, -0.1) is 15.3 Å². The molecule has 0 unspecified atom stereocenters. The third-order valence-electron chi connectivity index (χ3n) is 10.3. The standard InChI is InChI=1S/C40H49N7O4S/c1-49-28-8-4-2-3-5-9-29-50-35-22-20-34(21-23-35)46-26-24-45(25-27-46)33-18-16-31(17-19-33)39-43-42-38(52-39)30-12-14-32(15-13-30)40(48)51-47-37-11-7-6-10-36(37)41-44-47/h6-7,10-19,34-35H,2-5,8-9,20-29H2,1H3. The number of aromatic nitrogens is 5. The van der Waals surface area contributed by atoms with Crippen molar-refractivity contribution < 1.29 is 19.1 Å². The quantitative estimate of drug-likeness (QED) is 0.0759. The molecule has 274 valence electrons. The number of hydrogen-bond donors (Lipinski definition) is 0. The lowest BCUT2D eigenvalue weighted by Gasteiger charge is -2.42. The maximum Gasteiger partial charge on any atom is 0.365 e. The van der Waals surface area contributed by atoms with E-state index in [1.54, 1.807) is 25.3 Å². The fourth-order valence-corrected chi connectivity index (χ4v) is 8.15. The van der Waals surface area contributed by atoms with Gasteiger partial charge in [0.05, 0.1) is 11.7 Å². The Morgan fingerprint density at radius 2 is 1.37 bits per heavy atom. The van der Waals surface area contributed by atoms with Gasteiger partial charge in [0.2, 0.25) is 0 Å². The van der Waals surface area contributed by atoms with Gasteiger partial charge >= 0.3 is 5.97 Å². The molecule has 5 aromatic rings. The van der Waals surface area contributed by atoms with Gasteiger partial charge in [-0.3, -0.25) is 4.90 Å². The third kappa shape index (κ3) is 9.22. The van der Waals surface area contributed by atoms with E-state index in [-0.39, 0.29) is 0 Å². The second-order valence-electron chi connectivity index (χ2n) is 13.8. The summed E-state index contributed by atoms with van der Waals surface area (Å²) >= 11 is 1.53. The number of hydrogen-bond acceptors (Lipinski definition) is 11. The minimum absolute atomic E-state index is 0.406. The highest BCUT2D eigenvalue weighted by Crippen LogP contribution is 2.32. The molecule has 0 amide bonds. The number of unbranched alkanes of at least 4 members (excludes halogenated alkanes) is 5. The molecule has 0 atom stereocenters. The molecule has 0 bridgehead atoms. The number of nitrogens with zero attached hydrogens (tertiary/aromatic N) is 7. The predicted molar refractivity (Wildman–Crippen MR) is 205 cm³/mol. The van der Waals surface area contributed by atoms with Crippen LogP contribution in [0.4, 0.5) is 5.69 Å². The molecule has 3 aromatic carbocycles. The zero-order valence-electron chi connectivity index (χ0n) is 30.1. The Kier molecular flexibility index (Phi) is 12.5. The van der Waals surface area contributed by atoms with Gasteiger partial charge in [0.25, 0.3) is 0 Å². The molecule has 52 heavy (non-hydrogen) atoms. The van der Waals surface area contributed by atoms with Crippen molar-refractivity contribution in [3.8, 4) is 21.1 Å². The summed E-state index contributed by atoms with van der Waals surface area (Å²) in [6, 6.07) is 23.9. The number of fused-ring (bicyclic) bond motifs is 1. The Morgan fingerprint density at radius 3 is 2.06 bits per heavy atom. The average molecular weight is 724 g/mol. The molecule has 1 aliphatic carbocycles. The molecule has 7 rings (SSSR count). The van der Waals surface area contributed by atoms with Gasteiger partial charge < -0.3 is 19.2 Å². The molecule has 2 fully saturated rings. The number of carbonyl (C=O) groups is 1. The number of ether oxygens (including phenoxy) is 2. The van der Waals surface area contributed by atoms with Gasteiger partial charge in [0.1, 0.15) is 21.0 Å². The van der Waals surface area contributed by atoms with E-state index in [9.17, 15) is 4.79 Å². The summed E-state index contributed by atoms with van der Waals surface area (Å²) in [7, 11) is 1.78. The van der Waals surface area contributed by atoms with Crippen LogP contribution in [0.2, 0.25) is 0 Å². The van der Waals surface area contributed by atoms with Crippen LogP contribution in [0.15, 0.2) is 72.8 Å². The minimum Gasteiger partial charge on any atom is -0.385 e. The van der Waals surface area contributed by atoms with E-state index in [2.05, 4.69) is 54.6 Å². The molecular formula is C40H49N7O4S. The number of benzene rings is 3. The van der Waals surface area contributed by atoms with E-state index in [4.69, 9.17) is 14.3 Å². The van der Waals surface area contributed by atoms with Crippen LogP contribution >= 0.6 is 11.3 Å². The fourth-order valence-electron chi connectivity index (χ4n) is 7.29. The van der Waals surface area contributed by atoms with Crippen LogP contribution in [0.3, 0.4) is 0 Å². The third-order valence-corrected chi connectivity index (χ3v) is 11.4. The van der Waals surface area contributed by atoms with Gasteiger partial charge in [-0.05, 0) is 92.3 Å². The van der Waals surface area contributed by atoms with Crippen LogP contribution in [-0.4, -0.2) is 94.9 Å². The highest BCUT2D eigenvalue weighted by Gasteiger charge is 2.29. The van der Waals surface area contributed by atoms with Crippen LogP contribution in [-0.2, 0) is 9.47 Å². The molecule has 1 saturated heterocycles. The highest BCUT2D eigenvalue weighted by atomic mass is 32.1. The Labute approximate surface area is 309 Å². The number of rotatable bonds is 16. The first-order chi connectivity index (χ1) is 25.6. The smallest absolute Gasteiger partial charge is 0.365 e. The molecule has 0 N–H and O–H groups in total. The summed E-state index contributed by atoms with van der Waals surface area (Å²) in [6.45, 7) is 6.11. The van der Waals surface area contributed by atoms with Crippen molar-refractivity contribution in [3.63, 3.8) is 0 Å². The van der Waals surface area contributed by atoms with Crippen LogP contribution < -0.4 is 9.74 Å². The minimum atomic E-state index is -0.517. The summed E-state index contributed by atoms with van der Waals surface area (Å²) in [5, 5.41) is 18.5. The first-order valence-corrected chi connectivity index (χ1v) is 19.6. The van der Waals surface area contributed by atoms with E-state index in [1.807, 2.05) is 30.3 Å². The lowest BCUT2D eigenvalue weighted by molar-refractivity contribution is 0.00475. The van der Waals surface area contributed by atoms with E-state index in [0.717, 1.165) is 65.4 Å². The van der Waals surface area contributed by atoms with Crippen molar-refractivity contribution >= 4 is 34.0 Å².